The van der Waals surface area contributed by atoms with Gasteiger partial charge in [-0.2, -0.15) is 0 Å². The predicted molar refractivity (Wildman–Crippen MR) is 126 cm³/mol. The summed E-state index contributed by atoms with van der Waals surface area (Å²) in [5.74, 6) is 0.0914. The summed E-state index contributed by atoms with van der Waals surface area (Å²) in [5.41, 5.74) is -0.727. The molecule has 3 amide bonds. The van der Waals surface area contributed by atoms with E-state index >= 15 is 0 Å². The van der Waals surface area contributed by atoms with Gasteiger partial charge < -0.3 is 20.7 Å². The van der Waals surface area contributed by atoms with E-state index in [1.165, 1.54) is 0 Å². The Labute approximate surface area is 194 Å². The van der Waals surface area contributed by atoms with Gasteiger partial charge in [0.05, 0.1) is 12.1 Å². The van der Waals surface area contributed by atoms with Crippen molar-refractivity contribution >= 4 is 23.8 Å². The number of amides is 3. The molecule has 3 aliphatic rings. The second-order valence-electron chi connectivity index (χ2n) is 9.23. The van der Waals surface area contributed by atoms with E-state index in [2.05, 4.69) is 21.3 Å². The van der Waals surface area contributed by atoms with E-state index in [0.29, 0.717) is 32.5 Å². The summed E-state index contributed by atoms with van der Waals surface area (Å²) in [4.78, 5) is 38.9. The molecule has 0 radical (unpaired) electrons. The van der Waals surface area contributed by atoms with Crippen molar-refractivity contribution in [1.29, 1.82) is 0 Å². The van der Waals surface area contributed by atoms with Crippen LogP contribution in [-0.2, 0) is 14.4 Å². The molecule has 1 aromatic rings. The Bertz CT molecular complexity index is 901. The van der Waals surface area contributed by atoms with E-state index in [-0.39, 0.29) is 24.3 Å². The normalized spacial score (nSPS) is 24.7. The molecule has 1 heterocycles. The third-order valence-electron chi connectivity index (χ3n) is 7.00. The van der Waals surface area contributed by atoms with E-state index in [0.717, 1.165) is 49.8 Å². The van der Waals surface area contributed by atoms with Gasteiger partial charge in [-0.25, -0.2) is 0 Å². The quantitative estimate of drug-likeness (QED) is 0.477. The highest BCUT2D eigenvalue weighted by atomic mass is 16.5. The minimum Gasteiger partial charge on any atom is -0.492 e. The SMILES string of the molecule is O=C1CNC(=O)C2(CCCC2)NC(=O)C2(CCCC2)NCCOc2ccccc2/C=C/CN1. The standard InChI is InChI=1S/C25H34N4O4/c30-21-18-27-22(31)25(13-5-6-14-25)29-23(32)24(11-3-4-12-24)28-16-17-33-20-10-2-1-8-19(20)9-7-15-26-21/h1-2,7-10,28H,3-6,11-18H2,(H,26,30)(H,27,31)(H,29,32)/b9-7+. The Morgan fingerprint density at radius 2 is 1.52 bits per heavy atom. The number of para-hydroxylation sites is 1. The van der Waals surface area contributed by atoms with Crippen LogP contribution in [0, 0.1) is 0 Å². The first-order valence-electron chi connectivity index (χ1n) is 12.0. The lowest BCUT2D eigenvalue weighted by Crippen LogP contribution is -2.65. The maximum absolute atomic E-state index is 13.5. The molecule has 2 spiro atoms. The molecule has 0 unspecified atom stereocenters. The number of carbonyl (C=O) groups excluding carboxylic acids is 3. The van der Waals surface area contributed by atoms with Crippen LogP contribution in [0.4, 0.5) is 0 Å². The van der Waals surface area contributed by atoms with Gasteiger partial charge >= 0.3 is 0 Å². The summed E-state index contributed by atoms with van der Waals surface area (Å²) in [6.45, 7) is 1.17. The number of fused-ring (bicyclic) bond motifs is 1. The fraction of sp³-hybridized carbons (Fsp3) is 0.560. The van der Waals surface area contributed by atoms with Gasteiger partial charge in [0.25, 0.3) is 0 Å². The lowest BCUT2D eigenvalue weighted by atomic mass is 9.90. The van der Waals surface area contributed by atoms with Crippen LogP contribution >= 0.6 is 0 Å². The molecule has 2 saturated carbocycles. The predicted octanol–water partition coefficient (Wildman–Crippen LogP) is 1.66. The van der Waals surface area contributed by atoms with Gasteiger partial charge in [0.15, 0.2) is 0 Å². The summed E-state index contributed by atoms with van der Waals surface area (Å²) in [7, 11) is 0. The highest BCUT2D eigenvalue weighted by molar-refractivity contribution is 5.96. The molecule has 0 saturated heterocycles. The topological polar surface area (TPSA) is 109 Å². The molecule has 2 fully saturated rings. The van der Waals surface area contributed by atoms with E-state index < -0.39 is 11.1 Å². The fourth-order valence-electron chi connectivity index (χ4n) is 5.14. The van der Waals surface area contributed by atoms with Crippen LogP contribution in [0.25, 0.3) is 6.08 Å². The van der Waals surface area contributed by atoms with Crippen molar-refractivity contribution in [3.63, 3.8) is 0 Å². The van der Waals surface area contributed by atoms with Gasteiger partial charge in [0, 0.05) is 18.7 Å². The summed E-state index contributed by atoms with van der Waals surface area (Å²) in [5, 5.41) is 12.1. The number of hydrogen-bond acceptors (Lipinski definition) is 5. The smallest absolute Gasteiger partial charge is 0.246 e. The number of benzene rings is 1. The Balaban J connectivity index is 1.55. The lowest BCUT2D eigenvalue weighted by molar-refractivity contribution is -0.137. The van der Waals surface area contributed by atoms with Crippen molar-refractivity contribution in [2.45, 2.75) is 62.4 Å². The van der Waals surface area contributed by atoms with Crippen LogP contribution in [0.3, 0.4) is 0 Å². The number of rotatable bonds is 0. The molecule has 178 valence electrons. The van der Waals surface area contributed by atoms with Gasteiger partial charge in [-0.15, -0.1) is 0 Å². The third-order valence-corrected chi connectivity index (χ3v) is 7.00. The van der Waals surface area contributed by atoms with Crippen molar-refractivity contribution in [2.75, 3.05) is 26.2 Å². The van der Waals surface area contributed by atoms with Crippen molar-refractivity contribution in [2.24, 2.45) is 0 Å². The summed E-state index contributed by atoms with van der Waals surface area (Å²) >= 11 is 0. The molecule has 0 bridgehead atoms. The minimum atomic E-state index is -0.949. The maximum Gasteiger partial charge on any atom is 0.246 e. The first kappa shape index (κ1) is 23.3. The molecule has 4 rings (SSSR count). The monoisotopic (exact) mass is 454 g/mol. The summed E-state index contributed by atoms with van der Waals surface area (Å²) < 4.78 is 6.01. The number of ether oxygens (including phenoxy) is 1. The average molecular weight is 455 g/mol. The lowest BCUT2D eigenvalue weighted by Gasteiger charge is -2.36. The molecule has 8 heteroatoms. The molecule has 0 atom stereocenters. The number of hydrogen-bond donors (Lipinski definition) is 4. The highest BCUT2D eigenvalue weighted by Gasteiger charge is 2.48. The van der Waals surface area contributed by atoms with Crippen molar-refractivity contribution in [3.8, 4) is 5.75 Å². The first-order valence-corrected chi connectivity index (χ1v) is 12.0. The summed E-state index contributed by atoms with van der Waals surface area (Å²) in [6.07, 6.45) is 10.1. The average Bonchev–Trinajstić information content (AvgIpc) is 3.49. The van der Waals surface area contributed by atoms with E-state index in [4.69, 9.17) is 4.74 Å². The van der Waals surface area contributed by atoms with Gasteiger partial charge in [0.2, 0.25) is 17.7 Å². The molecule has 2 aliphatic carbocycles. The van der Waals surface area contributed by atoms with E-state index in [9.17, 15) is 14.4 Å². The van der Waals surface area contributed by atoms with Crippen LogP contribution in [-0.4, -0.2) is 55.0 Å². The molecular weight excluding hydrogens is 420 g/mol. The van der Waals surface area contributed by atoms with E-state index in [1.807, 2.05) is 36.4 Å². The van der Waals surface area contributed by atoms with Crippen LogP contribution in [0.2, 0.25) is 0 Å². The number of nitrogens with one attached hydrogen (secondary N) is 4. The van der Waals surface area contributed by atoms with Crippen LogP contribution in [0.5, 0.6) is 5.75 Å². The zero-order valence-electron chi connectivity index (χ0n) is 19.1. The van der Waals surface area contributed by atoms with Crippen LogP contribution in [0.1, 0.15) is 56.9 Å². The molecule has 33 heavy (non-hydrogen) atoms. The van der Waals surface area contributed by atoms with E-state index in [1.54, 1.807) is 0 Å². The summed E-state index contributed by atoms with van der Waals surface area (Å²) in [6, 6.07) is 7.71. The molecule has 4 N–H and O–H groups in total. The number of carbonyl (C=O) groups is 3. The zero-order valence-corrected chi connectivity index (χ0v) is 19.1. The van der Waals surface area contributed by atoms with Gasteiger partial charge in [0.1, 0.15) is 17.9 Å². The Kier molecular flexibility index (Phi) is 7.33. The zero-order chi connectivity index (χ0) is 23.2. The highest BCUT2D eigenvalue weighted by Crippen LogP contribution is 2.34. The second-order valence-corrected chi connectivity index (χ2v) is 9.23. The van der Waals surface area contributed by atoms with Crippen molar-refractivity contribution in [3.05, 3.63) is 35.9 Å². The molecule has 1 aromatic carbocycles. The molecular formula is C25H34N4O4. The largest absolute Gasteiger partial charge is 0.492 e. The maximum atomic E-state index is 13.5. The Morgan fingerprint density at radius 1 is 0.818 bits per heavy atom. The van der Waals surface area contributed by atoms with Crippen LogP contribution < -0.4 is 26.0 Å². The first-order chi connectivity index (χ1) is 16.0. The second kappa shape index (κ2) is 10.4. The Hall–Kier alpha value is -2.87. The van der Waals surface area contributed by atoms with Gasteiger partial charge in [-0.3, -0.25) is 19.7 Å². The molecule has 8 nitrogen and oxygen atoms in total. The minimum absolute atomic E-state index is 0.118. The Morgan fingerprint density at radius 3 is 2.27 bits per heavy atom. The van der Waals surface area contributed by atoms with Gasteiger partial charge in [-0.05, 0) is 31.7 Å². The fourth-order valence-corrected chi connectivity index (χ4v) is 5.14. The van der Waals surface area contributed by atoms with Crippen LogP contribution in [0.15, 0.2) is 30.3 Å². The van der Waals surface area contributed by atoms with Crippen molar-refractivity contribution in [1.82, 2.24) is 21.3 Å². The molecule has 0 aromatic heterocycles. The molecule has 1 aliphatic heterocycles. The third kappa shape index (κ3) is 5.38. The van der Waals surface area contributed by atoms with Gasteiger partial charge in [-0.1, -0.05) is 56.0 Å². The van der Waals surface area contributed by atoms with Crippen molar-refractivity contribution < 1.29 is 19.1 Å².